The van der Waals surface area contributed by atoms with Crippen LogP contribution in [0.1, 0.15) is 13.8 Å². The zero-order valence-corrected chi connectivity index (χ0v) is 11.6. The number of carbonyl (C=O) groups is 1. The van der Waals surface area contributed by atoms with Crippen molar-refractivity contribution in [3.63, 3.8) is 0 Å². The van der Waals surface area contributed by atoms with Crippen LogP contribution in [0.4, 0.5) is 11.4 Å². The standard InChI is InChI=1S/C14H21N3O2/c1-3-19-14-10-12(4-5-13(14)15)17-8-6-16(7-9-17)11(2)18/h4-5,10H,3,6-9,15H2,1-2H3. The molecule has 0 atom stereocenters. The van der Waals surface area contributed by atoms with Crippen molar-refractivity contribution in [1.29, 1.82) is 0 Å². The van der Waals surface area contributed by atoms with Crippen LogP contribution < -0.4 is 15.4 Å². The Hall–Kier alpha value is -1.91. The molecule has 5 nitrogen and oxygen atoms in total. The van der Waals surface area contributed by atoms with Crippen LogP contribution in [0.5, 0.6) is 5.75 Å². The number of nitrogen functional groups attached to an aromatic ring is 1. The first-order chi connectivity index (χ1) is 9.11. The van der Waals surface area contributed by atoms with E-state index in [0.717, 1.165) is 37.6 Å². The fraction of sp³-hybridized carbons (Fsp3) is 0.500. The topological polar surface area (TPSA) is 58.8 Å². The number of ether oxygens (including phenoxy) is 1. The normalized spacial score (nSPS) is 15.5. The minimum Gasteiger partial charge on any atom is -0.492 e. The van der Waals surface area contributed by atoms with Gasteiger partial charge >= 0.3 is 0 Å². The Labute approximate surface area is 113 Å². The second-order valence-electron chi connectivity index (χ2n) is 4.65. The van der Waals surface area contributed by atoms with E-state index < -0.39 is 0 Å². The largest absolute Gasteiger partial charge is 0.492 e. The van der Waals surface area contributed by atoms with E-state index in [2.05, 4.69) is 4.90 Å². The highest BCUT2D eigenvalue weighted by molar-refractivity contribution is 5.73. The fourth-order valence-corrected chi connectivity index (χ4v) is 2.28. The Morgan fingerprint density at radius 2 is 2.00 bits per heavy atom. The summed E-state index contributed by atoms with van der Waals surface area (Å²) >= 11 is 0. The Morgan fingerprint density at radius 1 is 1.32 bits per heavy atom. The van der Waals surface area contributed by atoms with Crippen LogP contribution in [0.25, 0.3) is 0 Å². The summed E-state index contributed by atoms with van der Waals surface area (Å²) in [4.78, 5) is 15.4. The zero-order chi connectivity index (χ0) is 13.8. The molecule has 1 amide bonds. The van der Waals surface area contributed by atoms with E-state index in [4.69, 9.17) is 10.5 Å². The van der Waals surface area contributed by atoms with Gasteiger partial charge in [-0.15, -0.1) is 0 Å². The highest BCUT2D eigenvalue weighted by Crippen LogP contribution is 2.28. The molecule has 1 aromatic rings. The van der Waals surface area contributed by atoms with Crippen molar-refractivity contribution < 1.29 is 9.53 Å². The lowest BCUT2D eigenvalue weighted by Crippen LogP contribution is -2.48. The van der Waals surface area contributed by atoms with Gasteiger partial charge in [0, 0.05) is 44.9 Å². The number of benzene rings is 1. The molecule has 2 N–H and O–H groups in total. The van der Waals surface area contributed by atoms with Gasteiger partial charge in [0.05, 0.1) is 12.3 Å². The SMILES string of the molecule is CCOc1cc(N2CCN(C(C)=O)CC2)ccc1N. The molecule has 0 saturated carbocycles. The van der Waals surface area contributed by atoms with Crippen molar-refractivity contribution in [3.05, 3.63) is 18.2 Å². The predicted octanol–water partition coefficient (Wildman–Crippen LogP) is 1.34. The molecular weight excluding hydrogens is 242 g/mol. The molecule has 19 heavy (non-hydrogen) atoms. The van der Waals surface area contributed by atoms with Crippen LogP contribution in [-0.2, 0) is 4.79 Å². The molecule has 0 bridgehead atoms. The number of piperazine rings is 1. The summed E-state index contributed by atoms with van der Waals surface area (Å²) < 4.78 is 5.51. The van der Waals surface area contributed by atoms with E-state index in [-0.39, 0.29) is 5.91 Å². The predicted molar refractivity (Wildman–Crippen MR) is 76.5 cm³/mol. The first kappa shape index (κ1) is 13.5. The molecule has 1 aromatic carbocycles. The van der Waals surface area contributed by atoms with Gasteiger partial charge in [-0.3, -0.25) is 4.79 Å². The van der Waals surface area contributed by atoms with E-state index in [1.807, 2.05) is 30.0 Å². The highest BCUT2D eigenvalue weighted by Gasteiger charge is 2.19. The van der Waals surface area contributed by atoms with E-state index in [1.165, 1.54) is 0 Å². The van der Waals surface area contributed by atoms with Crippen LogP contribution in [0, 0.1) is 0 Å². The molecule has 1 heterocycles. The van der Waals surface area contributed by atoms with E-state index >= 15 is 0 Å². The average molecular weight is 263 g/mol. The fourth-order valence-electron chi connectivity index (χ4n) is 2.28. The number of hydrogen-bond acceptors (Lipinski definition) is 4. The van der Waals surface area contributed by atoms with Gasteiger partial charge in [-0.1, -0.05) is 0 Å². The van der Waals surface area contributed by atoms with Gasteiger partial charge in [-0.25, -0.2) is 0 Å². The van der Waals surface area contributed by atoms with Crippen molar-refractivity contribution in [2.24, 2.45) is 0 Å². The van der Waals surface area contributed by atoms with E-state index in [9.17, 15) is 4.79 Å². The third kappa shape index (κ3) is 3.10. The number of hydrogen-bond donors (Lipinski definition) is 1. The molecule has 0 spiro atoms. The minimum atomic E-state index is 0.145. The Morgan fingerprint density at radius 3 is 2.58 bits per heavy atom. The lowest BCUT2D eigenvalue weighted by atomic mass is 10.2. The lowest BCUT2D eigenvalue weighted by molar-refractivity contribution is -0.129. The summed E-state index contributed by atoms with van der Waals surface area (Å²) in [5.41, 5.74) is 7.63. The summed E-state index contributed by atoms with van der Waals surface area (Å²) in [5, 5.41) is 0. The molecule has 1 saturated heterocycles. The molecule has 0 unspecified atom stereocenters. The smallest absolute Gasteiger partial charge is 0.219 e. The molecule has 0 aliphatic carbocycles. The zero-order valence-electron chi connectivity index (χ0n) is 11.6. The van der Waals surface area contributed by atoms with Crippen LogP contribution in [0.3, 0.4) is 0 Å². The van der Waals surface area contributed by atoms with Crippen LogP contribution >= 0.6 is 0 Å². The molecule has 5 heteroatoms. The molecule has 0 aromatic heterocycles. The van der Waals surface area contributed by atoms with Gasteiger partial charge in [0.1, 0.15) is 5.75 Å². The maximum atomic E-state index is 11.3. The second kappa shape index (κ2) is 5.82. The summed E-state index contributed by atoms with van der Waals surface area (Å²) in [7, 11) is 0. The number of nitrogens with zero attached hydrogens (tertiary/aromatic N) is 2. The molecule has 1 aliphatic heterocycles. The van der Waals surface area contributed by atoms with Crippen molar-refractivity contribution in [2.75, 3.05) is 43.4 Å². The Balaban J connectivity index is 2.07. The van der Waals surface area contributed by atoms with Gasteiger partial charge in [-0.05, 0) is 19.1 Å². The monoisotopic (exact) mass is 263 g/mol. The lowest BCUT2D eigenvalue weighted by Gasteiger charge is -2.35. The van der Waals surface area contributed by atoms with Crippen LogP contribution in [-0.4, -0.2) is 43.6 Å². The van der Waals surface area contributed by atoms with E-state index in [1.54, 1.807) is 6.92 Å². The Bertz CT molecular complexity index is 454. The second-order valence-corrected chi connectivity index (χ2v) is 4.65. The van der Waals surface area contributed by atoms with E-state index in [0.29, 0.717) is 12.3 Å². The molecule has 0 radical (unpaired) electrons. The summed E-state index contributed by atoms with van der Waals surface area (Å²) in [5.74, 6) is 0.876. The Kier molecular flexibility index (Phi) is 4.14. The first-order valence-electron chi connectivity index (χ1n) is 6.64. The summed E-state index contributed by atoms with van der Waals surface area (Å²) in [6.45, 7) is 7.38. The summed E-state index contributed by atoms with van der Waals surface area (Å²) in [6, 6.07) is 5.85. The van der Waals surface area contributed by atoms with Gasteiger partial charge in [0.15, 0.2) is 0 Å². The molecular formula is C14H21N3O2. The number of amides is 1. The maximum Gasteiger partial charge on any atom is 0.219 e. The molecule has 1 aliphatic rings. The third-order valence-corrected chi connectivity index (χ3v) is 3.39. The van der Waals surface area contributed by atoms with Crippen LogP contribution in [0.15, 0.2) is 18.2 Å². The average Bonchev–Trinajstić information content (AvgIpc) is 2.41. The first-order valence-corrected chi connectivity index (χ1v) is 6.64. The van der Waals surface area contributed by atoms with Crippen molar-refractivity contribution in [1.82, 2.24) is 4.90 Å². The highest BCUT2D eigenvalue weighted by atomic mass is 16.5. The van der Waals surface area contributed by atoms with Crippen molar-refractivity contribution in [3.8, 4) is 5.75 Å². The number of rotatable bonds is 3. The number of nitrogens with two attached hydrogens (primary N) is 1. The number of carbonyl (C=O) groups excluding carboxylic acids is 1. The van der Waals surface area contributed by atoms with Gasteiger partial charge < -0.3 is 20.3 Å². The quantitative estimate of drug-likeness (QED) is 0.836. The maximum absolute atomic E-state index is 11.3. The molecule has 104 valence electrons. The van der Waals surface area contributed by atoms with Gasteiger partial charge in [-0.2, -0.15) is 0 Å². The van der Waals surface area contributed by atoms with Gasteiger partial charge in [0.2, 0.25) is 5.91 Å². The van der Waals surface area contributed by atoms with Gasteiger partial charge in [0.25, 0.3) is 0 Å². The minimum absolute atomic E-state index is 0.145. The molecule has 2 rings (SSSR count). The van der Waals surface area contributed by atoms with Crippen molar-refractivity contribution in [2.45, 2.75) is 13.8 Å². The number of anilines is 2. The van der Waals surface area contributed by atoms with Crippen LogP contribution in [0.2, 0.25) is 0 Å². The summed E-state index contributed by atoms with van der Waals surface area (Å²) in [6.07, 6.45) is 0. The van der Waals surface area contributed by atoms with Crippen molar-refractivity contribution >= 4 is 17.3 Å². The third-order valence-electron chi connectivity index (χ3n) is 3.39. The molecule has 1 fully saturated rings.